The van der Waals surface area contributed by atoms with Crippen molar-refractivity contribution in [3.63, 3.8) is 0 Å². The van der Waals surface area contributed by atoms with Crippen LogP contribution in [0.1, 0.15) is 32.1 Å². The average molecular weight is 187 g/mol. The summed E-state index contributed by atoms with van der Waals surface area (Å²) in [7, 11) is 0. The van der Waals surface area contributed by atoms with Gasteiger partial charge in [0.05, 0.1) is 6.07 Å². The number of nitrogens with zero attached hydrogens (tertiary/aromatic N) is 1. The molecule has 14 heavy (non-hydrogen) atoms. The predicted molar refractivity (Wildman–Crippen MR) is 53.4 cm³/mol. The molecule has 0 heterocycles. The number of carbonyl (C=O) groups is 1. The highest BCUT2D eigenvalue weighted by Gasteiger charge is 2.25. The summed E-state index contributed by atoms with van der Waals surface area (Å²) in [5, 5.41) is 8.78. The molecule has 0 aliphatic heterocycles. The van der Waals surface area contributed by atoms with Gasteiger partial charge in [0.1, 0.15) is 5.92 Å². The van der Waals surface area contributed by atoms with Crippen LogP contribution >= 0.6 is 0 Å². The highest BCUT2D eigenvalue weighted by Crippen LogP contribution is 2.30. The Kier molecular flexibility index (Phi) is 2.49. The van der Waals surface area contributed by atoms with E-state index in [9.17, 15) is 4.79 Å². The molecular weight excluding hydrogens is 174 g/mol. The van der Waals surface area contributed by atoms with E-state index in [1.807, 2.05) is 12.1 Å². The van der Waals surface area contributed by atoms with E-state index in [0.29, 0.717) is 0 Å². The number of ketones is 1. The first-order chi connectivity index (χ1) is 6.83. The first-order valence-electron chi connectivity index (χ1n) is 5.17. The maximum atomic E-state index is 11.8. The summed E-state index contributed by atoms with van der Waals surface area (Å²) in [6.45, 7) is 0. The molecule has 2 nitrogen and oxygen atoms in total. The molecule has 0 amide bonds. The SMILES string of the molecule is N#CC1C=CC2=C(CCCCC2)C1=O. The fourth-order valence-corrected chi connectivity index (χ4v) is 2.16. The van der Waals surface area contributed by atoms with Gasteiger partial charge in [-0.2, -0.15) is 5.26 Å². The van der Waals surface area contributed by atoms with E-state index in [1.54, 1.807) is 6.08 Å². The minimum absolute atomic E-state index is 0.0481. The van der Waals surface area contributed by atoms with Crippen LogP contribution in [0.25, 0.3) is 0 Å². The Balaban J connectivity index is 2.31. The summed E-state index contributed by atoms with van der Waals surface area (Å²) >= 11 is 0. The molecule has 1 unspecified atom stereocenters. The third kappa shape index (κ3) is 1.50. The first kappa shape index (κ1) is 9.21. The third-order valence-electron chi connectivity index (χ3n) is 2.97. The minimum Gasteiger partial charge on any atom is -0.293 e. The smallest absolute Gasteiger partial charge is 0.180 e. The monoisotopic (exact) mass is 187 g/mol. The van der Waals surface area contributed by atoms with Gasteiger partial charge in [-0.05, 0) is 31.3 Å². The normalized spacial score (nSPS) is 26.8. The van der Waals surface area contributed by atoms with E-state index in [1.165, 1.54) is 18.4 Å². The van der Waals surface area contributed by atoms with E-state index in [4.69, 9.17) is 5.26 Å². The molecule has 0 radical (unpaired) electrons. The number of allylic oxidation sites excluding steroid dienone is 4. The van der Waals surface area contributed by atoms with Crippen LogP contribution in [-0.4, -0.2) is 5.78 Å². The van der Waals surface area contributed by atoms with E-state index in [-0.39, 0.29) is 5.78 Å². The van der Waals surface area contributed by atoms with Crippen molar-refractivity contribution in [1.29, 1.82) is 5.26 Å². The van der Waals surface area contributed by atoms with Gasteiger partial charge in [0.25, 0.3) is 0 Å². The summed E-state index contributed by atoms with van der Waals surface area (Å²) in [4.78, 5) is 11.8. The standard InChI is InChI=1S/C12H13NO/c13-8-10-7-6-9-4-2-1-3-5-11(9)12(10)14/h6-7,10H,1-5H2. The molecule has 0 bridgehead atoms. The third-order valence-corrected chi connectivity index (χ3v) is 2.97. The molecule has 2 rings (SSSR count). The lowest BCUT2D eigenvalue weighted by Crippen LogP contribution is -2.17. The number of nitriles is 1. The lowest BCUT2D eigenvalue weighted by Gasteiger charge is -2.15. The average Bonchev–Trinajstić information content (AvgIpc) is 2.44. The lowest BCUT2D eigenvalue weighted by molar-refractivity contribution is -0.116. The van der Waals surface area contributed by atoms with E-state index >= 15 is 0 Å². The fourth-order valence-electron chi connectivity index (χ4n) is 2.16. The summed E-state index contributed by atoms with van der Waals surface area (Å²) in [6, 6.07) is 2.04. The van der Waals surface area contributed by atoms with Crippen LogP contribution in [0.3, 0.4) is 0 Å². The van der Waals surface area contributed by atoms with Gasteiger partial charge in [0.15, 0.2) is 5.78 Å². The van der Waals surface area contributed by atoms with Crippen molar-refractivity contribution in [1.82, 2.24) is 0 Å². The topological polar surface area (TPSA) is 40.9 Å². The molecule has 0 aromatic heterocycles. The van der Waals surface area contributed by atoms with Gasteiger partial charge < -0.3 is 0 Å². The number of rotatable bonds is 0. The predicted octanol–water partition coefficient (Wildman–Crippen LogP) is 2.53. The molecular formula is C12H13NO. The van der Waals surface area contributed by atoms with E-state index in [2.05, 4.69) is 0 Å². The largest absolute Gasteiger partial charge is 0.293 e. The highest BCUT2D eigenvalue weighted by molar-refractivity contribution is 6.02. The Hall–Kier alpha value is -1.36. The lowest BCUT2D eigenvalue weighted by atomic mass is 9.87. The minimum atomic E-state index is -0.521. The molecule has 0 fully saturated rings. The molecule has 0 spiro atoms. The van der Waals surface area contributed by atoms with Crippen molar-refractivity contribution in [3.8, 4) is 6.07 Å². The van der Waals surface area contributed by atoms with Crippen molar-refractivity contribution in [2.45, 2.75) is 32.1 Å². The summed E-state index contributed by atoms with van der Waals surface area (Å²) in [6.07, 6.45) is 9.07. The maximum Gasteiger partial charge on any atom is 0.180 e. The van der Waals surface area contributed by atoms with Gasteiger partial charge in [-0.3, -0.25) is 4.79 Å². The zero-order chi connectivity index (χ0) is 9.97. The zero-order valence-electron chi connectivity index (χ0n) is 8.12. The summed E-state index contributed by atoms with van der Waals surface area (Å²) in [5.74, 6) is -0.473. The molecule has 2 heteroatoms. The van der Waals surface area contributed by atoms with Crippen molar-refractivity contribution in [2.75, 3.05) is 0 Å². The first-order valence-corrected chi connectivity index (χ1v) is 5.17. The highest BCUT2D eigenvalue weighted by atomic mass is 16.1. The fraction of sp³-hybridized carbons (Fsp3) is 0.500. The molecule has 1 atom stereocenters. The van der Waals surface area contributed by atoms with Gasteiger partial charge in [-0.1, -0.05) is 18.6 Å². The Morgan fingerprint density at radius 2 is 2.07 bits per heavy atom. The number of hydrogen-bond acceptors (Lipinski definition) is 2. The quantitative estimate of drug-likeness (QED) is 0.584. The van der Waals surface area contributed by atoms with Crippen molar-refractivity contribution in [3.05, 3.63) is 23.3 Å². The van der Waals surface area contributed by atoms with Gasteiger partial charge in [0.2, 0.25) is 0 Å². The van der Waals surface area contributed by atoms with Crippen LogP contribution in [-0.2, 0) is 4.79 Å². The molecule has 2 aliphatic rings. The molecule has 0 saturated carbocycles. The second kappa shape index (κ2) is 3.79. The molecule has 0 aromatic rings. The van der Waals surface area contributed by atoms with Crippen LogP contribution in [0.2, 0.25) is 0 Å². The number of Topliss-reactive ketones (excluding diaryl/α,β-unsaturated/α-hetero) is 1. The summed E-state index contributed by atoms with van der Waals surface area (Å²) < 4.78 is 0. The summed E-state index contributed by atoms with van der Waals surface area (Å²) in [5.41, 5.74) is 2.11. The Morgan fingerprint density at radius 3 is 2.86 bits per heavy atom. The Labute approximate surface area is 83.9 Å². The van der Waals surface area contributed by atoms with Gasteiger partial charge in [0, 0.05) is 5.57 Å². The van der Waals surface area contributed by atoms with Crippen molar-refractivity contribution < 1.29 is 4.79 Å². The molecule has 72 valence electrons. The number of hydrogen-bond donors (Lipinski definition) is 0. The van der Waals surface area contributed by atoms with E-state index < -0.39 is 5.92 Å². The number of carbonyl (C=O) groups excluding carboxylic acids is 1. The van der Waals surface area contributed by atoms with Crippen LogP contribution in [0, 0.1) is 17.2 Å². The molecule has 2 aliphatic carbocycles. The molecule has 0 aromatic carbocycles. The molecule has 0 saturated heterocycles. The van der Waals surface area contributed by atoms with Crippen molar-refractivity contribution >= 4 is 5.78 Å². The second-order valence-corrected chi connectivity index (χ2v) is 3.89. The van der Waals surface area contributed by atoms with Gasteiger partial charge in [-0.15, -0.1) is 0 Å². The van der Waals surface area contributed by atoms with Gasteiger partial charge in [-0.25, -0.2) is 0 Å². The van der Waals surface area contributed by atoms with Crippen LogP contribution in [0.4, 0.5) is 0 Å². The van der Waals surface area contributed by atoms with Gasteiger partial charge >= 0.3 is 0 Å². The Bertz CT molecular complexity index is 357. The second-order valence-electron chi connectivity index (χ2n) is 3.89. The van der Waals surface area contributed by atoms with Crippen LogP contribution in [0.15, 0.2) is 23.3 Å². The van der Waals surface area contributed by atoms with Crippen molar-refractivity contribution in [2.24, 2.45) is 5.92 Å². The van der Waals surface area contributed by atoms with E-state index in [0.717, 1.165) is 24.8 Å². The Morgan fingerprint density at radius 1 is 1.29 bits per heavy atom. The van der Waals surface area contributed by atoms with Crippen LogP contribution < -0.4 is 0 Å². The molecule has 0 N–H and O–H groups in total. The maximum absolute atomic E-state index is 11.8. The zero-order valence-corrected chi connectivity index (χ0v) is 8.12. The van der Waals surface area contributed by atoms with Crippen LogP contribution in [0.5, 0.6) is 0 Å².